The fraction of sp³-hybridized carbons (Fsp3) is 0.842. The van der Waals surface area contributed by atoms with Crippen LogP contribution in [0.25, 0.3) is 0 Å². The molecule has 0 aliphatic rings. The number of hydrogen-bond acceptors (Lipinski definition) is 2. The Morgan fingerprint density at radius 2 is 0.636 bits per heavy atom. The standard InChI is InChI=1S/C36H70O.C2H4.H3O4P/c1-3-5-7-9-11-13-15-17-19-21-23-25-27-29-31-33-35-37-36-34-32-30-28-26-24-22-20-18-16-14-12-10-8-6-4-2;1-2;1-5(2,3)4/h17-20H,3-16,21-36H2,1-2H3;1-2H2;(H3,1,2,3,4)/b19-17-,20-18-;;. The van der Waals surface area contributed by atoms with E-state index < -0.39 is 7.82 Å². The maximum Gasteiger partial charge on any atom is 0.466 e. The molecule has 0 aliphatic carbocycles. The Hall–Kier alpha value is -0.710. The zero-order chi connectivity index (χ0) is 33.2. The zero-order valence-corrected chi connectivity index (χ0v) is 30.4. The third-order valence-electron chi connectivity index (χ3n) is 7.60. The van der Waals surface area contributed by atoms with Crippen LogP contribution in [0, 0.1) is 0 Å². The fourth-order valence-corrected chi connectivity index (χ4v) is 5.01. The zero-order valence-electron chi connectivity index (χ0n) is 29.5. The van der Waals surface area contributed by atoms with Crippen LogP contribution in [0.1, 0.15) is 194 Å². The van der Waals surface area contributed by atoms with Gasteiger partial charge in [-0.05, 0) is 64.2 Å². The molecule has 0 fully saturated rings. The van der Waals surface area contributed by atoms with Crippen molar-refractivity contribution in [3.8, 4) is 0 Å². The largest absolute Gasteiger partial charge is 0.466 e. The highest BCUT2D eigenvalue weighted by Gasteiger charge is 2.00. The molecule has 5 nitrogen and oxygen atoms in total. The molecule has 0 heterocycles. The van der Waals surface area contributed by atoms with Crippen molar-refractivity contribution in [3.05, 3.63) is 37.5 Å². The molecule has 6 heteroatoms. The van der Waals surface area contributed by atoms with E-state index in [2.05, 4.69) is 51.3 Å². The number of rotatable bonds is 32. The topological polar surface area (TPSA) is 87.0 Å². The monoisotopic (exact) mass is 645 g/mol. The Labute approximate surface area is 275 Å². The summed E-state index contributed by atoms with van der Waals surface area (Å²) in [5.74, 6) is 0. The summed E-state index contributed by atoms with van der Waals surface area (Å²) < 4.78 is 14.7. The van der Waals surface area contributed by atoms with Gasteiger partial charge in [-0.15, -0.1) is 13.2 Å². The van der Waals surface area contributed by atoms with E-state index in [1.54, 1.807) is 0 Å². The van der Waals surface area contributed by atoms with E-state index in [1.165, 1.54) is 180 Å². The summed E-state index contributed by atoms with van der Waals surface area (Å²) in [5, 5.41) is 0. The Kier molecular flexibility index (Phi) is 48.1. The van der Waals surface area contributed by atoms with Crippen LogP contribution in [-0.4, -0.2) is 27.9 Å². The minimum absolute atomic E-state index is 0.978. The van der Waals surface area contributed by atoms with Crippen LogP contribution in [0.15, 0.2) is 37.5 Å². The Balaban J connectivity index is -0.00000216. The molecular weight excluding hydrogens is 567 g/mol. The fourth-order valence-electron chi connectivity index (χ4n) is 5.01. The number of allylic oxidation sites excluding steroid dienone is 4. The first-order valence-corrected chi connectivity index (χ1v) is 20.1. The van der Waals surface area contributed by atoms with Gasteiger partial charge in [0.1, 0.15) is 0 Å². The first-order valence-electron chi connectivity index (χ1n) is 18.6. The van der Waals surface area contributed by atoms with E-state index in [0.717, 1.165) is 13.2 Å². The Morgan fingerprint density at radius 3 is 0.886 bits per heavy atom. The Morgan fingerprint density at radius 1 is 0.432 bits per heavy atom. The maximum atomic E-state index is 8.88. The molecule has 0 aromatic carbocycles. The predicted octanol–water partition coefficient (Wildman–Crippen LogP) is 13.0. The van der Waals surface area contributed by atoms with Gasteiger partial charge in [0.2, 0.25) is 0 Å². The second-order valence-electron chi connectivity index (χ2n) is 12.0. The molecule has 264 valence electrons. The number of ether oxygens (including phenoxy) is 1. The van der Waals surface area contributed by atoms with Gasteiger partial charge in [0.15, 0.2) is 0 Å². The third kappa shape index (κ3) is 60.5. The van der Waals surface area contributed by atoms with Gasteiger partial charge in [-0.2, -0.15) is 0 Å². The third-order valence-corrected chi connectivity index (χ3v) is 7.60. The van der Waals surface area contributed by atoms with Crippen LogP contribution in [0.2, 0.25) is 0 Å². The highest BCUT2D eigenvalue weighted by atomic mass is 31.2. The minimum Gasteiger partial charge on any atom is -0.381 e. The molecule has 0 aliphatic heterocycles. The van der Waals surface area contributed by atoms with E-state index in [-0.39, 0.29) is 0 Å². The summed E-state index contributed by atoms with van der Waals surface area (Å²) in [6, 6.07) is 0. The summed E-state index contributed by atoms with van der Waals surface area (Å²) in [6.07, 6.45) is 48.1. The van der Waals surface area contributed by atoms with Gasteiger partial charge in [-0.3, -0.25) is 0 Å². The molecular formula is C38H77O5P. The van der Waals surface area contributed by atoms with Gasteiger partial charge < -0.3 is 19.4 Å². The molecule has 0 unspecified atom stereocenters. The van der Waals surface area contributed by atoms with Crippen molar-refractivity contribution < 1.29 is 24.0 Å². The van der Waals surface area contributed by atoms with Crippen LogP contribution < -0.4 is 0 Å². The first-order chi connectivity index (χ1) is 21.4. The molecule has 3 N–H and O–H groups in total. The lowest BCUT2D eigenvalue weighted by Crippen LogP contribution is -1.97. The first kappa shape index (κ1) is 47.7. The number of phosphoric acid groups is 1. The smallest absolute Gasteiger partial charge is 0.381 e. The van der Waals surface area contributed by atoms with Crippen molar-refractivity contribution in [2.24, 2.45) is 0 Å². The van der Waals surface area contributed by atoms with Crippen molar-refractivity contribution in [2.45, 2.75) is 194 Å². The summed E-state index contributed by atoms with van der Waals surface area (Å²) in [5.41, 5.74) is 0. The molecule has 0 aromatic heterocycles. The van der Waals surface area contributed by atoms with E-state index >= 15 is 0 Å². The van der Waals surface area contributed by atoms with E-state index in [1.807, 2.05) is 0 Å². The molecule has 0 saturated carbocycles. The van der Waals surface area contributed by atoms with Gasteiger partial charge in [-0.1, -0.05) is 154 Å². The van der Waals surface area contributed by atoms with E-state index in [4.69, 9.17) is 24.0 Å². The lowest BCUT2D eigenvalue weighted by atomic mass is 10.1. The van der Waals surface area contributed by atoms with Crippen LogP contribution in [0.4, 0.5) is 0 Å². The molecule has 0 radical (unpaired) electrons. The van der Waals surface area contributed by atoms with Crippen molar-refractivity contribution in [3.63, 3.8) is 0 Å². The summed E-state index contributed by atoms with van der Waals surface area (Å²) in [6.45, 7) is 12.5. The number of unbranched alkanes of at least 4 members (excludes halogenated alkanes) is 24. The van der Waals surface area contributed by atoms with Crippen LogP contribution in [0.3, 0.4) is 0 Å². The van der Waals surface area contributed by atoms with Crippen LogP contribution in [0.5, 0.6) is 0 Å². The second kappa shape index (κ2) is 44.4. The van der Waals surface area contributed by atoms with Gasteiger partial charge >= 0.3 is 7.82 Å². The lowest BCUT2D eigenvalue weighted by molar-refractivity contribution is 0.125. The SMILES string of the molecule is C=C.CCCCCCCC/C=C\CCCCCCCCOCCCCCCCC/C=C\CCCCCCCC.O=P(O)(O)O. The molecule has 0 saturated heterocycles. The highest BCUT2D eigenvalue weighted by Crippen LogP contribution is 2.25. The van der Waals surface area contributed by atoms with Crippen molar-refractivity contribution in [1.29, 1.82) is 0 Å². The average Bonchev–Trinajstić information content (AvgIpc) is 2.99. The molecule has 0 amide bonds. The van der Waals surface area contributed by atoms with E-state index in [0.29, 0.717) is 0 Å². The van der Waals surface area contributed by atoms with Crippen molar-refractivity contribution >= 4 is 7.82 Å². The van der Waals surface area contributed by atoms with Crippen LogP contribution in [-0.2, 0) is 9.30 Å². The van der Waals surface area contributed by atoms with Crippen LogP contribution >= 0.6 is 7.82 Å². The van der Waals surface area contributed by atoms with Gasteiger partial charge in [0.25, 0.3) is 0 Å². The van der Waals surface area contributed by atoms with E-state index in [9.17, 15) is 0 Å². The predicted molar refractivity (Wildman–Crippen MR) is 195 cm³/mol. The van der Waals surface area contributed by atoms with Crippen molar-refractivity contribution in [2.75, 3.05) is 13.2 Å². The quantitative estimate of drug-likeness (QED) is 0.0385. The van der Waals surface area contributed by atoms with Gasteiger partial charge in [0, 0.05) is 13.2 Å². The molecule has 44 heavy (non-hydrogen) atoms. The summed E-state index contributed by atoms with van der Waals surface area (Å²) >= 11 is 0. The molecule has 0 atom stereocenters. The molecule has 0 rings (SSSR count). The second-order valence-corrected chi connectivity index (χ2v) is 13.0. The summed E-state index contributed by atoms with van der Waals surface area (Å²) in [4.78, 5) is 21.6. The summed E-state index contributed by atoms with van der Waals surface area (Å²) in [7, 11) is -4.64. The normalized spacial score (nSPS) is 11.5. The lowest BCUT2D eigenvalue weighted by Gasteiger charge is -2.05. The molecule has 0 spiro atoms. The maximum absolute atomic E-state index is 8.88. The number of hydrogen-bond donors (Lipinski definition) is 3. The Bertz CT molecular complexity index is 554. The minimum atomic E-state index is -4.64. The van der Waals surface area contributed by atoms with Gasteiger partial charge in [-0.25, -0.2) is 4.57 Å². The van der Waals surface area contributed by atoms with Gasteiger partial charge in [0.05, 0.1) is 0 Å². The highest BCUT2D eigenvalue weighted by molar-refractivity contribution is 7.45. The molecule has 0 bridgehead atoms. The van der Waals surface area contributed by atoms with Crippen molar-refractivity contribution in [1.82, 2.24) is 0 Å². The average molecular weight is 645 g/mol. The molecule has 0 aromatic rings.